The number of halogens is 4. The van der Waals surface area contributed by atoms with Gasteiger partial charge in [-0.25, -0.2) is 9.97 Å². The van der Waals surface area contributed by atoms with Crippen LogP contribution >= 0.6 is 0 Å². The first-order chi connectivity index (χ1) is 5.47. The van der Waals surface area contributed by atoms with Crippen LogP contribution in [0.15, 0.2) is 12.4 Å². The highest BCUT2D eigenvalue weighted by molar-refractivity contribution is 5.10. The Labute approximate surface area is 64.0 Å². The zero-order chi connectivity index (χ0) is 9.19. The van der Waals surface area contributed by atoms with Crippen molar-refractivity contribution in [2.75, 3.05) is 0 Å². The van der Waals surface area contributed by atoms with Crippen molar-refractivity contribution in [2.45, 2.75) is 6.36 Å². The third-order valence-corrected chi connectivity index (χ3v) is 0.830. The van der Waals surface area contributed by atoms with Crippen LogP contribution in [0, 0.1) is 6.08 Å². The van der Waals surface area contributed by atoms with Gasteiger partial charge < -0.3 is 4.74 Å². The van der Waals surface area contributed by atoms with Gasteiger partial charge in [-0.1, -0.05) is 0 Å². The molecule has 1 heterocycles. The summed E-state index contributed by atoms with van der Waals surface area (Å²) in [6, 6.07) is 0. The van der Waals surface area contributed by atoms with E-state index >= 15 is 0 Å². The molecule has 0 aliphatic carbocycles. The molecule has 0 amide bonds. The summed E-state index contributed by atoms with van der Waals surface area (Å²) in [4.78, 5) is 5.72. The van der Waals surface area contributed by atoms with Gasteiger partial charge in [-0.15, -0.1) is 13.2 Å². The van der Waals surface area contributed by atoms with Crippen molar-refractivity contribution in [1.82, 2.24) is 9.97 Å². The first-order valence-corrected chi connectivity index (χ1v) is 2.71. The summed E-state index contributed by atoms with van der Waals surface area (Å²) in [7, 11) is 0. The van der Waals surface area contributed by atoms with Crippen molar-refractivity contribution in [1.29, 1.82) is 0 Å². The molecule has 7 heteroatoms. The second kappa shape index (κ2) is 2.92. The molecule has 0 aliphatic heterocycles. The molecule has 0 fully saturated rings. The van der Waals surface area contributed by atoms with E-state index in [1.165, 1.54) is 0 Å². The largest absolute Gasteiger partial charge is 0.573 e. The van der Waals surface area contributed by atoms with E-state index in [0.29, 0.717) is 12.4 Å². The molecule has 0 atom stereocenters. The molecule has 0 bridgehead atoms. The molecule has 1 rings (SSSR count). The second-order valence-corrected chi connectivity index (χ2v) is 1.74. The molecule has 12 heavy (non-hydrogen) atoms. The lowest BCUT2D eigenvalue weighted by molar-refractivity contribution is -0.274. The number of ether oxygens (including phenoxy) is 1. The van der Waals surface area contributed by atoms with Gasteiger partial charge in [0.1, 0.15) is 0 Å². The maximum atomic E-state index is 12.0. The number of hydrogen-bond acceptors (Lipinski definition) is 3. The number of alkyl halides is 3. The molecule has 1 aromatic heterocycles. The lowest BCUT2D eigenvalue weighted by Gasteiger charge is -2.06. The fourth-order valence-electron chi connectivity index (χ4n) is 0.487. The van der Waals surface area contributed by atoms with E-state index in [-0.39, 0.29) is 0 Å². The minimum absolute atomic E-state index is 0.593. The van der Waals surface area contributed by atoms with Crippen molar-refractivity contribution in [3.63, 3.8) is 0 Å². The van der Waals surface area contributed by atoms with Crippen molar-refractivity contribution in [2.24, 2.45) is 0 Å². The molecule has 66 valence electrons. The lowest BCUT2D eigenvalue weighted by Crippen LogP contribution is -2.17. The maximum absolute atomic E-state index is 12.0. The summed E-state index contributed by atoms with van der Waals surface area (Å²) in [5.41, 5.74) is 0. The Morgan fingerprint density at radius 2 is 1.67 bits per heavy atom. The first kappa shape index (κ1) is 8.69. The Kier molecular flexibility index (Phi) is 2.11. The van der Waals surface area contributed by atoms with Crippen molar-refractivity contribution >= 4 is 0 Å². The van der Waals surface area contributed by atoms with E-state index in [1.807, 2.05) is 0 Å². The number of hydrogen-bond donors (Lipinski definition) is 0. The molecule has 3 nitrogen and oxygen atoms in total. The van der Waals surface area contributed by atoms with Crippen LogP contribution in [0.2, 0.25) is 0 Å². The van der Waals surface area contributed by atoms with Crippen LogP contribution in [0.4, 0.5) is 17.6 Å². The number of rotatable bonds is 1. The van der Waals surface area contributed by atoms with Gasteiger partial charge in [0, 0.05) is 0 Å². The predicted molar refractivity (Wildman–Crippen MR) is 28.7 cm³/mol. The highest BCUT2D eigenvalue weighted by Gasteiger charge is 2.31. The Balaban J connectivity index is 2.71. The maximum Gasteiger partial charge on any atom is 0.573 e. The minimum Gasteiger partial charge on any atom is -0.402 e. The minimum atomic E-state index is -4.80. The molecule has 0 spiro atoms. The fraction of sp³-hybridized carbons (Fsp3) is 0.200. The number of aromatic nitrogens is 2. The quantitative estimate of drug-likeness (QED) is 0.487. The summed E-state index contributed by atoms with van der Waals surface area (Å²) in [6.45, 7) is 0. The smallest absolute Gasteiger partial charge is 0.402 e. The lowest BCUT2D eigenvalue weighted by atomic mass is 10.6. The molecule has 0 radical (unpaired) electrons. The van der Waals surface area contributed by atoms with Crippen molar-refractivity contribution < 1.29 is 22.3 Å². The first-order valence-electron chi connectivity index (χ1n) is 2.71. The molecule has 0 saturated carbocycles. The summed E-state index contributed by atoms with van der Waals surface area (Å²) in [5.74, 6) is -0.649. The highest BCUT2D eigenvalue weighted by Crippen LogP contribution is 2.20. The molecule has 0 N–H and O–H groups in total. The van der Waals surface area contributed by atoms with Crippen LogP contribution in [0.5, 0.6) is 5.75 Å². The van der Waals surface area contributed by atoms with E-state index in [9.17, 15) is 17.6 Å². The molecule has 0 saturated heterocycles. The van der Waals surface area contributed by atoms with Crippen LogP contribution in [0.1, 0.15) is 0 Å². The van der Waals surface area contributed by atoms with E-state index in [1.54, 1.807) is 0 Å². The van der Waals surface area contributed by atoms with Gasteiger partial charge in [-0.2, -0.15) is 4.39 Å². The third kappa shape index (κ3) is 2.69. The van der Waals surface area contributed by atoms with Crippen LogP contribution in [-0.2, 0) is 0 Å². The monoisotopic (exact) mass is 182 g/mol. The topological polar surface area (TPSA) is 35.0 Å². The molecule has 0 aliphatic rings. The van der Waals surface area contributed by atoms with E-state index in [2.05, 4.69) is 14.7 Å². The Bertz CT molecular complexity index is 257. The third-order valence-electron chi connectivity index (χ3n) is 0.830. The summed E-state index contributed by atoms with van der Waals surface area (Å²) in [6.07, 6.45) is -4.73. The van der Waals surface area contributed by atoms with Gasteiger partial charge in [-0.3, -0.25) is 0 Å². The van der Waals surface area contributed by atoms with Crippen LogP contribution in [0.3, 0.4) is 0 Å². The van der Waals surface area contributed by atoms with Crippen molar-refractivity contribution in [3.8, 4) is 5.75 Å². The van der Waals surface area contributed by atoms with Gasteiger partial charge in [0.25, 0.3) is 0 Å². The SMILES string of the molecule is Fc1ncc(OC(F)(F)F)cn1. The summed E-state index contributed by atoms with van der Waals surface area (Å²) >= 11 is 0. The Hall–Kier alpha value is -1.40. The highest BCUT2D eigenvalue weighted by atomic mass is 19.4. The summed E-state index contributed by atoms with van der Waals surface area (Å²) < 4.78 is 49.7. The van der Waals surface area contributed by atoms with Gasteiger partial charge in [0.2, 0.25) is 0 Å². The van der Waals surface area contributed by atoms with Gasteiger partial charge in [0.15, 0.2) is 5.75 Å². The average molecular weight is 182 g/mol. The number of nitrogens with zero attached hydrogens (tertiary/aromatic N) is 2. The van der Waals surface area contributed by atoms with Gasteiger partial charge in [-0.05, 0) is 0 Å². The standard InChI is InChI=1S/C5H2F4N2O/c6-4-10-1-3(2-11-4)12-5(7,8)9/h1-2H. The zero-order valence-electron chi connectivity index (χ0n) is 5.47. The Morgan fingerprint density at radius 3 is 2.08 bits per heavy atom. The summed E-state index contributed by atoms with van der Waals surface area (Å²) in [5, 5.41) is 0. The molecule has 1 aromatic rings. The molecular formula is C5H2F4N2O. The Morgan fingerprint density at radius 1 is 1.17 bits per heavy atom. The fourth-order valence-corrected chi connectivity index (χ4v) is 0.487. The van der Waals surface area contributed by atoms with Gasteiger partial charge in [0.05, 0.1) is 12.4 Å². The van der Waals surface area contributed by atoms with Crippen LogP contribution in [-0.4, -0.2) is 16.3 Å². The van der Waals surface area contributed by atoms with E-state index < -0.39 is 18.2 Å². The van der Waals surface area contributed by atoms with Crippen LogP contribution in [0.25, 0.3) is 0 Å². The predicted octanol–water partition coefficient (Wildman–Crippen LogP) is 1.51. The zero-order valence-corrected chi connectivity index (χ0v) is 5.47. The van der Waals surface area contributed by atoms with Crippen molar-refractivity contribution in [3.05, 3.63) is 18.5 Å². The van der Waals surface area contributed by atoms with Crippen LogP contribution < -0.4 is 4.74 Å². The van der Waals surface area contributed by atoms with E-state index in [0.717, 1.165) is 0 Å². The molecule has 0 aromatic carbocycles. The molecular weight excluding hydrogens is 180 g/mol. The molecule has 0 unspecified atom stereocenters. The van der Waals surface area contributed by atoms with E-state index in [4.69, 9.17) is 0 Å². The normalized spacial score (nSPS) is 11.3. The van der Waals surface area contributed by atoms with Gasteiger partial charge >= 0.3 is 12.4 Å². The average Bonchev–Trinajstić information content (AvgIpc) is 1.91. The second-order valence-electron chi connectivity index (χ2n) is 1.74.